The van der Waals surface area contributed by atoms with Gasteiger partial charge in [-0.3, -0.25) is 9.78 Å². The summed E-state index contributed by atoms with van der Waals surface area (Å²) in [6.07, 6.45) is 3.77. The number of carbonyl (C=O) groups excluding carboxylic acids is 1. The van der Waals surface area contributed by atoms with Crippen molar-refractivity contribution >= 4 is 5.91 Å². The zero-order chi connectivity index (χ0) is 13.8. The first-order chi connectivity index (χ1) is 9.06. The summed E-state index contributed by atoms with van der Waals surface area (Å²) in [5, 5.41) is 0. The number of pyridine rings is 1. The topological polar surface area (TPSA) is 59.2 Å². The number of carbonyl (C=O) groups is 1. The number of aromatic nitrogens is 1. The van der Waals surface area contributed by atoms with E-state index in [0.717, 1.165) is 37.1 Å². The maximum atomic E-state index is 12.4. The van der Waals surface area contributed by atoms with Crippen LogP contribution in [-0.2, 0) is 11.3 Å². The molecular weight excluding hydrogens is 238 g/mol. The Morgan fingerprint density at radius 1 is 1.37 bits per heavy atom. The average molecular weight is 261 g/mol. The Morgan fingerprint density at radius 2 is 2.05 bits per heavy atom. The van der Waals surface area contributed by atoms with Crippen LogP contribution in [0.15, 0.2) is 18.2 Å². The molecule has 1 aliphatic rings. The minimum absolute atomic E-state index is 0.148. The molecule has 4 heteroatoms. The highest BCUT2D eigenvalue weighted by Gasteiger charge is 2.26. The van der Waals surface area contributed by atoms with Gasteiger partial charge in [0.25, 0.3) is 0 Å². The van der Waals surface area contributed by atoms with Crippen LogP contribution in [0.4, 0.5) is 0 Å². The fourth-order valence-corrected chi connectivity index (χ4v) is 2.69. The fraction of sp³-hybridized carbons (Fsp3) is 0.600. The number of nitrogens with two attached hydrogens (primary N) is 1. The van der Waals surface area contributed by atoms with E-state index in [1.807, 2.05) is 32.2 Å². The third-order valence-electron chi connectivity index (χ3n) is 3.84. The molecule has 1 aromatic heterocycles. The summed E-state index contributed by atoms with van der Waals surface area (Å²) >= 11 is 0. The molecule has 0 unspecified atom stereocenters. The number of rotatable bonds is 3. The van der Waals surface area contributed by atoms with Crippen molar-refractivity contribution in [3.63, 3.8) is 0 Å². The molecule has 1 aromatic rings. The zero-order valence-electron chi connectivity index (χ0n) is 11.8. The third kappa shape index (κ3) is 3.77. The van der Waals surface area contributed by atoms with E-state index in [1.54, 1.807) is 4.90 Å². The van der Waals surface area contributed by atoms with Gasteiger partial charge in [0.1, 0.15) is 0 Å². The van der Waals surface area contributed by atoms with E-state index in [4.69, 9.17) is 5.73 Å². The van der Waals surface area contributed by atoms with Gasteiger partial charge in [-0.1, -0.05) is 6.07 Å². The molecule has 1 fully saturated rings. The molecule has 0 spiro atoms. The molecule has 2 rings (SSSR count). The number of nitrogens with zero attached hydrogens (tertiary/aromatic N) is 2. The normalized spacial score (nSPS) is 23.1. The Labute approximate surface area is 115 Å². The molecule has 2 N–H and O–H groups in total. The molecule has 1 aliphatic carbocycles. The third-order valence-corrected chi connectivity index (χ3v) is 3.84. The lowest BCUT2D eigenvalue weighted by molar-refractivity contribution is -0.135. The van der Waals surface area contributed by atoms with Gasteiger partial charge in [0.05, 0.1) is 12.2 Å². The molecule has 0 saturated heterocycles. The van der Waals surface area contributed by atoms with E-state index in [1.165, 1.54) is 0 Å². The first-order valence-electron chi connectivity index (χ1n) is 6.99. The molecule has 19 heavy (non-hydrogen) atoms. The number of hydrogen-bond donors (Lipinski definition) is 1. The van der Waals surface area contributed by atoms with Gasteiger partial charge < -0.3 is 10.6 Å². The summed E-state index contributed by atoms with van der Waals surface area (Å²) in [7, 11) is 1.86. The molecule has 1 amide bonds. The van der Waals surface area contributed by atoms with Crippen molar-refractivity contribution in [3.05, 3.63) is 29.6 Å². The van der Waals surface area contributed by atoms with Crippen LogP contribution in [0.1, 0.15) is 37.1 Å². The van der Waals surface area contributed by atoms with Gasteiger partial charge in [0.2, 0.25) is 5.91 Å². The van der Waals surface area contributed by atoms with Gasteiger partial charge in [-0.25, -0.2) is 0 Å². The first kappa shape index (κ1) is 14.0. The number of aryl methyl sites for hydroxylation is 1. The molecular formula is C15H23N3O. The van der Waals surface area contributed by atoms with Crippen molar-refractivity contribution in [2.24, 2.45) is 11.7 Å². The van der Waals surface area contributed by atoms with Crippen LogP contribution in [0.3, 0.4) is 0 Å². The Kier molecular flexibility index (Phi) is 4.53. The van der Waals surface area contributed by atoms with Crippen molar-refractivity contribution < 1.29 is 4.79 Å². The predicted octanol–water partition coefficient (Wildman–Crippen LogP) is 1.87. The van der Waals surface area contributed by atoms with Crippen LogP contribution in [0, 0.1) is 12.8 Å². The van der Waals surface area contributed by atoms with Crippen molar-refractivity contribution in [1.82, 2.24) is 9.88 Å². The molecule has 104 valence electrons. The second-order valence-corrected chi connectivity index (χ2v) is 5.58. The van der Waals surface area contributed by atoms with Crippen molar-refractivity contribution in [3.8, 4) is 0 Å². The van der Waals surface area contributed by atoms with E-state index in [-0.39, 0.29) is 17.9 Å². The smallest absolute Gasteiger partial charge is 0.225 e. The van der Waals surface area contributed by atoms with Crippen LogP contribution in [0.2, 0.25) is 0 Å². The zero-order valence-corrected chi connectivity index (χ0v) is 11.8. The highest BCUT2D eigenvalue weighted by molar-refractivity contribution is 5.78. The molecule has 0 bridgehead atoms. The fourth-order valence-electron chi connectivity index (χ4n) is 2.69. The van der Waals surface area contributed by atoms with Gasteiger partial charge in [0.15, 0.2) is 0 Å². The monoisotopic (exact) mass is 261 g/mol. The largest absolute Gasteiger partial charge is 0.340 e. The van der Waals surface area contributed by atoms with Crippen LogP contribution < -0.4 is 5.73 Å². The molecule has 0 atom stereocenters. The second-order valence-electron chi connectivity index (χ2n) is 5.58. The molecule has 0 aromatic carbocycles. The average Bonchev–Trinajstić information content (AvgIpc) is 2.39. The highest BCUT2D eigenvalue weighted by atomic mass is 16.2. The van der Waals surface area contributed by atoms with Crippen molar-refractivity contribution in [2.75, 3.05) is 7.05 Å². The Balaban J connectivity index is 1.92. The van der Waals surface area contributed by atoms with E-state index in [9.17, 15) is 4.79 Å². The van der Waals surface area contributed by atoms with Crippen LogP contribution >= 0.6 is 0 Å². The van der Waals surface area contributed by atoms with Gasteiger partial charge in [-0.15, -0.1) is 0 Å². The highest BCUT2D eigenvalue weighted by Crippen LogP contribution is 2.25. The Bertz CT molecular complexity index is 439. The molecule has 4 nitrogen and oxygen atoms in total. The van der Waals surface area contributed by atoms with Gasteiger partial charge in [-0.2, -0.15) is 0 Å². The summed E-state index contributed by atoms with van der Waals surface area (Å²) in [5.74, 6) is 0.379. The van der Waals surface area contributed by atoms with E-state index in [2.05, 4.69) is 4.98 Å². The number of amides is 1. The van der Waals surface area contributed by atoms with Crippen molar-refractivity contribution in [2.45, 2.75) is 45.2 Å². The minimum atomic E-state index is 0.148. The van der Waals surface area contributed by atoms with Gasteiger partial charge >= 0.3 is 0 Å². The first-order valence-corrected chi connectivity index (χ1v) is 6.99. The molecule has 0 radical (unpaired) electrons. The van der Waals surface area contributed by atoms with Crippen molar-refractivity contribution in [1.29, 1.82) is 0 Å². The maximum Gasteiger partial charge on any atom is 0.225 e. The standard InChI is InChI=1S/C15H23N3O/c1-11-4-3-5-14(17-11)10-18(2)15(19)12-6-8-13(16)9-7-12/h3-5,12-13H,6-10,16H2,1-2H3. The summed E-state index contributed by atoms with van der Waals surface area (Å²) < 4.78 is 0. The summed E-state index contributed by atoms with van der Waals surface area (Å²) in [5.41, 5.74) is 7.81. The van der Waals surface area contributed by atoms with Gasteiger partial charge in [0, 0.05) is 24.7 Å². The summed E-state index contributed by atoms with van der Waals surface area (Å²) in [6.45, 7) is 2.55. The van der Waals surface area contributed by atoms with E-state index >= 15 is 0 Å². The SMILES string of the molecule is Cc1cccc(CN(C)C(=O)C2CCC(N)CC2)n1. The quantitative estimate of drug-likeness (QED) is 0.903. The molecule has 1 saturated carbocycles. The van der Waals surface area contributed by atoms with E-state index in [0.29, 0.717) is 6.54 Å². The lowest BCUT2D eigenvalue weighted by atomic mass is 9.85. The van der Waals surface area contributed by atoms with E-state index < -0.39 is 0 Å². The Morgan fingerprint density at radius 3 is 2.68 bits per heavy atom. The van der Waals surface area contributed by atoms with Crippen LogP contribution in [0.5, 0.6) is 0 Å². The van der Waals surface area contributed by atoms with Crippen LogP contribution in [-0.4, -0.2) is 28.9 Å². The van der Waals surface area contributed by atoms with Crippen LogP contribution in [0.25, 0.3) is 0 Å². The second kappa shape index (κ2) is 6.15. The maximum absolute atomic E-state index is 12.4. The summed E-state index contributed by atoms with van der Waals surface area (Å²) in [4.78, 5) is 18.6. The predicted molar refractivity (Wildman–Crippen MR) is 75.4 cm³/mol. The lowest BCUT2D eigenvalue weighted by Gasteiger charge is -2.28. The lowest BCUT2D eigenvalue weighted by Crippen LogP contribution is -2.37. The minimum Gasteiger partial charge on any atom is -0.340 e. The number of hydrogen-bond acceptors (Lipinski definition) is 3. The van der Waals surface area contributed by atoms with Gasteiger partial charge in [-0.05, 0) is 44.7 Å². The molecule has 0 aliphatic heterocycles. The Hall–Kier alpha value is -1.42. The summed E-state index contributed by atoms with van der Waals surface area (Å²) in [6, 6.07) is 6.20. The molecule has 1 heterocycles.